The molecule has 0 bridgehead atoms. The van der Waals surface area contributed by atoms with E-state index >= 15 is 0 Å². The summed E-state index contributed by atoms with van der Waals surface area (Å²) in [5.74, 6) is -0.490. The summed E-state index contributed by atoms with van der Waals surface area (Å²) in [5.41, 5.74) is 5.49. The van der Waals surface area contributed by atoms with Gasteiger partial charge in [-0.1, -0.05) is 66.7 Å². The van der Waals surface area contributed by atoms with Gasteiger partial charge in [0.05, 0.1) is 30.5 Å². The van der Waals surface area contributed by atoms with Crippen LogP contribution in [0.15, 0.2) is 85.1 Å². The highest BCUT2D eigenvalue weighted by molar-refractivity contribution is 5.72. The normalized spacial score (nSPS) is 15.5. The Morgan fingerprint density at radius 3 is 2.36 bits per heavy atom. The van der Waals surface area contributed by atoms with Gasteiger partial charge in [0.1, 0.15) is 5.82 Å². The van der Waals surface area contributed by atoms with Gasteiger partial charge in [0.25, 0.3) is 0 Å². The minimum absolute atomic E-state index is 0.0855. The Hall–Kier alpha value is -3.77. The molecule has 3 aromatic carbocycles. The van der Waals surface area contributed by atoms with Gasteiger partial charge in [0.15, 0.2) is 0 Å². The van der Waals surface area contributed by atoms with Crippen LogP contribution in [-0.4, -0.2) is 40.8 Å². The van der Waals surface area contributed by atoms with Gasteiger partial charge in [-0.2, -0.15) is 5.10 Å². The van der Waals surface area contributed by atoms with Crippen molar-refractivity contribution in [1.82, 2.24) is 15.1 Å². The van der Waals surface area contributed by atoms with Gasteiger partial charge in [-0.15, -0.1) is 0 Å². The number of aromatic amines is 1. The Bertz CT molecular complexity index is 1300. The number of aromatic nitrogens is 2. The highest BCUT2D eigenvalue weighted by Crippen LogP contribution is 2.38. The number of nitrogens with one attached hydrogen (secondary N) is 1. The molecule has 0 amide bonds. The number of benzene rings is 3. The van der Waals surface area contributed by atoms with Crippen LogP contribution in [-0.2, 0) is 9.53 Å². The molecule has 0 spiro atoms. The van der Waals surface area contributed by atoms with Crippen molar-refractivity contribution in [2.75, 3.05) is 19.7 Å². The third-order valence-electron chi connectivity index (χ3n) is 6.95. The molecular formula is C30H30FN3O2. The van der Waals surface area contributed by atoms with Gasteiger partial charge >= 0.3 is 5.97 Å². The number of hydrogen-bond donors (Lipinski definition) is 1. The maximum Gasteiger partial charge on any atom is 0.309 e. The highest BCUT2D eigenvalue weighted by Gasteiger charge is 2.33. The van der Waals surface area contributed by atoms with Gasteiger partial charge in [0.2, 0.25) is 0 Å². The lowest BCUT2D eigenvalue weighted by molar-refractivity contribution is -0.149. The molecule has 6 heteroatoms. The smallest absolute Gasteiger partial charge is 0.309 e. The molecule has 1 aromatic heterocycles. The van der Waals surface area contributed by atoms with Gasteiger partial charge in [0, 0.05) is 11.1 Å². The van der Waals surface area contributed by atoms with Crippen molar-refractivity contribution in [3.8, 4) is 22.4 Å². The van der Waals surface area contributed by atoms with Crippen LogP contribution in [0, 0.1) is 11.7 Å². The molecule has 1 saturated heterocycles. The van der Waals surface area contributed by atoms with Crippen LogP contribution >= 0.6 is 0 Å². The van der Waals surface area contributed by atoms with Crippen molar-refractivity contribution in [2.45, 2.75) is 25.8 Å². The van der Waals surface area contributed by atoms with E-state index < -0.39 is 0 Å². The van der Waals surface area contributed by atoms with Gasteiger partial charge in [-0.05, 0) is 61.7 Å². The summed E-state index contributed by atoms with van der Waals surface area (Å²) in [4.78, 5) is 14.7. The molecule has 2 heterocycles. The summed E-state index contributed by atoms with van der Waals surface area (Å²) in [5, 5.41) is 7.36. The molecule has 1 aliphatic rings. The van der Waals surface area contributed by atoms with E-state index in [2.05, 4.69) is 51.5 Å². The summed E-state index contributed by atoms with van der Waals surface area (Å²) < 4.78 is 20.0. The highest BCUT2D eigenvalue weighted by atomic mass is 19.1. The Morgan fingerprint density at radius 1 is 1.00 bits per heavy atom. The predicted octanol–water partition coefficient (Wildman–Crippen LogP) is 6.25. The van der Waals surface area contributed by atoms with E-state index in [4.69, 9.17) is 4.74 Å². The fourth-order valence-electron chi connectivity index (χ4n) is 5.11. The van der Waals surface area contributed by atoms with Crippen molar-refractivity contribution in [1.29, 1.82) is 0 Å². The summed E-state index contributed by atoms with van der Waals surface area (Å²) in [6, 6.07) is 25.4. The molecule has 0 radical (unpaired) electrons. The number of nitrogens with zero attached hydrogens (tertiary/aromatic N) is 2. The second kappa shape index (κ2) is 10.9. The SMILES string of the molecule is CCOC(=O)C1CCN(C(c2ccc(-c3ccccc3)cc2)c2cn[nH]c2-c2ccccc2F)CC1. The Kier molecular flexibility index (Phi) is 7.23. The molecule has 0 saturated carbocycles. The van der Waals surface area contributed by atoms with Gasteiger partial charge < -0.3 is 4.74 Å². The van der Waals surface area contributed by atoms with Gasteiger partial charge in [-0.3, -0.25) is 14.8 Å². The molecule has 1 unspecified atom stereocenters. The predicted molar refractivity (Wildman–Crippen MR) is 139 cm³/mol. The zero-order chi connectivity index (χ0) is 24.9. The lowest BCUT2D eigenvalue weighted by atomic mass is 9.89. The third kappa shape index (κ3) is 4.95. The van der Waals surface area contributed by atoms with E-state index in [-0.39, 0.29) is 23.7 Å². The largest absolute Gasteiger partial charge is 0.466 e. The van der Waals surface area contributed by atoms with Crippen molar-refractivity contribution in [2.24, 2.45) is 5.92 Å². The summed E-state index contributed by atoms with van der Waals surface area (Å²) in [6.07, 6.45) is 3.25. The molecule has 5 nitrogen and oxygen atoms in total. The quantitative estimate of drug-likeness (QED) is 0.316. The molecule has 1 aliphatic heterocycles. The number of hydrogen-bond acceptors (Lipinski definition) is 4. The van der Waals surface area contributed by atoms with Crippen molar-refractivity contribution in [3.63, 3.8) is 0 Å². The first kappa shape index (κ1) is 23.9. The van der Waals surface area contributed by atoms with Crippen LogP contribution in [0.1, 0.15) is 36.9 Å². The molecule has 36 heavy (non-hydrogen) atoms. The molecule has 5 rings (SSSR count). The van der Waals surface area contributed by atoms with Crippen LogP contribution in [0.3, 0.4) is 0 Å². The second-order valence-electron chi connectivity index (χ2n) is 9.13. The second-order valence-corrected chi connectivity index (χ2v) is 9.13. The maximum atomic E-state index is 14.8. The molecule has 1 atom stereocenters. The molecule has 1 fully saturated rings. The van der Waals surface area contributed by atoms with Crippen molar-refractivity contribution in [3.05, 3.63) is 102 Å². The Morgan fingerprint density at radius 2 is 1.67 bits per heavy atom. The topological polar surface area (TPSA) is 58.2 Å². The zero-order valence-corrected chi connectivity index (χ0v) is 20.4. The summed E-state index contributed by atoms with van der Waals surface area (Å²) >= 11 is 0. The van der Waals surface area contributed by atoms with Crippen LogP contribution in [0.5, 0.6) is 0 Å². The Balaban J connectivity index is 1.50. The van der Waals surface area contributed by atoms with Crippen LogP contribution in [0.4, 0.5) is 4.39 Å². The zero-order valence-electron chi connectivity index (χ0n) is 20.4. The molecule has 0 aliphatic carbocycles. The molecule has 4 aromatic rings. The minimum Gasteiger partial charge on any atom is -0.466 e. The number of esters is 1. The minimum atomic E-state index is -0.290. The van der Waals surface area contributed by atoms with Crippen LogP contribution in [0.25, 0.3) is 22.4 Å². The average molecular weight is 484 g/mol. The number of ether oxygens (including phenoxy) is 1. The van der Waals surface area contributed by atoms with Gasteiger partial charge in [-0.25, -0.2) is 4.39 Å². The molecule has 1 N–H and O–H groups in total. The number of piperidine rings is 1. The number of likely N-dealkylation sites (tertiary alicyclic amines) is 1. The first-order valence-electron chi connectivity index (χ1n) is 12.5. The van der Waals surface area contributed by atoms with E-state index in [0.29, 0.717) is 17.9 Å². The van der Waals surface area contributed by atoms with Crippen molar-refractivity contribution < 1.29 is 13.9 Å². The van der Waals surface area contributed by atoms with Crippen molar-refractivity contribution >= 4 is 5.97 Å². The lowest BCUT2D eigenvalue weighted by Crippen LogP contribution is -2.39. The fraction of sp³-hybridized carbons (Fsp3) is 0.267. The summed E-state index contributed by atoms with van der Waals surface area (Å²) in [6.45, 7) is 3.70. The van der Waals surface area contributed by atoms with E-state index in [0.717, 1.165) is 48.2 Å². The number of halogens is 1. The molecule has 184 valence electrons. The van der Waals surface area contributed by atoms with E-state index in [1.807, 2.05) is 31.2 Å². The van der Waals surface area contributed by atoms with E-state index in [1.165, 1.54) is 6.07 Å². The molecular weight excluding hydrogens is 453 g/mol. The number of H-pyrrole nitrogens is 1. The number of rotatable bonds is 7. The number of carbonyl (C=O) groups is 1. The first-order valence-corrected chi connectivity index (χ1v) is 12.5. The Labute approximate surface area is 210 Å². The van der Waals surface area contributed by atoms with Crippen LogP contribution in [0.2, 0.25) is 0 Å². The van der Waals surface area contributed by atoms with E-state index in [9.17, 15) is 9.18 Å². The first-order chi connectivity index (χ1) is 17.7. The lowest BCUT2D eigenvalue weighted by Gasteiger charge is -2.37. The standard InChI is InChI=1S/C30H30FN3O2/c1-2-36-30(35)24-16-18-34(19-17-24)29(23-14-12-22(13-15-23)21-8-4-3-5-9-21)26-20-32-33-28(26)25-10-6-7-11-27(25)31/h3-15,20,24,29H,2,16-19H2,1H3,(H,32,33). The average Bonchev–Trinajstić information content (AvgIpc) is 3.39. The summed E-state index contributed by atoms with van der Waals surface area (Å²) in [7, 11) is 0. The fourth-order valence-corrected chi connectivity index (χ4v) is 5.11. The number of carbonyl (C=O) groups excluding carboxylic acids is 1. The maximum absolute atomic E-state index is 14.8. The van der Waals surface area contributed by atoms with Crippen LogP contribution < -0.4 is 0 Å². The van der Waals surface area contributed by atoms with E-state index in [1.54, 1.807) is 18.3 Å². The third-order valence-corrected chi connectivity index (χ3v) is 6.95. The monoisotopic (exact) mass is 483 g/mol.